The molecule has 1 aliphatic heterocycles. The monoisotopic (exact) mass is 375 g/mol. The van der Waals surface area contributed by atoms with Crippen LogP contribution in [0.25, 0.3) is 10.9 Å². The Morgan fingerprint density at radius 1 is 1.19 bits per heavy atom. The zero-order valence-corrected chi connectivity index (χ0v) is 15.0. The molecule has 4 rings (SSSR count). The highest BCUT2D eigenvalue weighted by Crippen LogP contribution is 2.32. The largest absolute Gasteiger partial charge is 0.366 e. The normalized spacial score (nSPS) is 15.5. The molecule has 0 amide bonds. The number of nitrogens with zero attached hydrogens (tertiary/aromatic N) is 4. The van der Waals surface area contributed by atoms with Gasteiger partial charge in [-0.15, -0.1) is 0 Å². The smallest absolute Gasteiger partial charge is 0.226 e. The lowest BCUT2D eigenvalue weighted by Crippen LogP contribution is -2.43. The maximum absolute atomic E-state index is 13.5. The first-order valence-corrected chi connectivity index (χ1v) is 9.74. The van der Waals surface area contributed by atoms with Crippen molar-refractivity contribution in [3.8, 4) is 0 Å². The van der Waals surface area contributed by atoms with Gasteiger partial charge in [0.1, 0.15) is 5.82 Å². The van der Waals surface area contributed by atoms with Crippen molar-refractivity contribution in [2.45, 2.75) is 9.92 Å². The molecule has 1 fully saturated rings. The number of piperazine rings is 1. The molecule has 0 saturated carbocycles. The van der Waals surface area contributed by atoms with Gasteiger partial charge in [0.05, 0.1) is 27.7 Å². The first kappa shape index (κ1) is 16.9. The number of nitrogens with one attached hydrogen (secondary N) is 1. The van der Waals surface area contributed by atoms with E-state index in [4.69, 9.17) is 0 Å². The number of hydrogen-bond acceptors (Lipinski definition) is 6. The number of fused-ring (bicyclic) bond motifs is 1. The Morgan fingerprint density at radius 3 is 2.69 bits per heavy atom. The van der Waals surface area contributed by atoms with Crippen molar-refractivity contribution < 1.29 is 12.8 Å². The molecular weight excluding hydrogens is 357 g/mol. The number of benzene rings is 1. The topological polar surface area (TPSA) is 80.1 Å². The van der Waals surface area contributed by atoms with E-state index < -0.39 is 15.7 Å². The van der Waals surface area contributed by atoms with Crippen LogP contribution in [0.3, 0.4) is 0 Å². The molecule has 1 saturated heterocycles. The number of aromatic nitrogens is 3. The third-order valence-electron chi connectivity index (χ3n) is 4.51. The van der Waals surface area contributed by atoms with Gasteiger partial charge in [-0.25, -0.2) is 12.8 Å². The highest BCUT2D eigenvalue weighted by Gasteiger charge is 2.27. The Bertz CT molecular complexity index is 1070. The fourth-order valence-corrected chi connectivity index (χ4v) is 4.68. The van der Waals surface area contributed by atoms with Crippen LogP contribution in [0.15, 0.2) is 46.6 Å². The number of aryl methyl sites for hydroxylation is 1. The van der Waals surface area contributed by atoms with E-state index in [0.29, 0.717) is 10.9 Å². The number of halogens is 1. The molecule has 2 aromatic heterocycles. The number of pyridine rings is 1. The molecule has 1 aliphatic rings. The van der Waals surface area contributed by atoms with Crippen LogP contribution < -0.4 is 10.2 Å². The second-order valence-electron chi connectivity index (χ2n) is 6.18. The molecule has 0 bridgehead atoms. The number of sulfone groups is 1. The lowest BCUT2D eigenvalue weighted by atomic mass is 10.2. The first-order valence-electron chi connectivity index (χ1n) is 8.25. The predicted octanol–water partition coefficient (Wildman–Crippen LogP) is 1.35. The molecule has 26 heavy (non-hydrogen) atoms. The minimum absolute atomic E-state index is 0.106. The number of rotatable bonds is 3. The maximum Gasteiger partial charge on any atom is 0.226 e. The highest BCUT2D eigenvalue weighted by atomic mass is 32.2. The van der Waals surface area contributed by atoms with Crippen LogP contribution in [0.1, 0.15) is 0 Å². The summed E-state index contributed by atoms with van der Waals surface area (Å²) in [6.45, 7) is 3.31. The Balaban J connectivity index is 1.90. The Labute approximate surface area is 150 Å². The molecule has 136 valence electrons. The zero-order chi connectivity index (χ0) is 18.3. The number of anilines is 1. The van der Waals surface area contributed by atoms with Gasteiger partial charge in [-0.05, 0) is 18.2 Å². The second-order valence-corrected chi connectivity index (χ2v) is 8.05. The minimum Gasteiger partial charge on any atom is -0.366 e. The van der Waals surface area contributed by atoms with E-state index in [9.17, 15) is 12.8 Å². The van der Waals surface area contributed by atoms with E-state index in [-0.39, 0.29) is 9.92 Å². The summed E-state index contributed by atoms with van der Waals surface area (Å²) in [6.07, 6.45) is 3.23. The highest BCUT2D eigenvalue weighted by molar-refractivity contribution is 7.91. The van der Waals surface area contributed by atoms with Crippen molar-refractivity contribution >= 4 is 26.4 Å². The molecular formula is C17H18FN5O2S. The van der Waals surface area contributed by atoms with E-state index in [1.54, 1.807) is 17.9 Å². The van der Waals surface area contributed by atoms with Crippen LogP contribution in [0, 0.1) is 5.82 Å². The van der Waals surface area contributed by atoms with Crippen molar-refractivity contribution in [2.75, 3.05) is 31.1 Å². The summed E-state index contributed by atoms with van der Waals surface area (Å²) in [5, 5.41) is 7.87. The van der Waals surface area contributed by atoms with Crippen LogP contribution in [0.2, 0.25) is 0 Å². The Hall–Kier alpha value is -2.52. The average molecular weight is 375 g/mol. The van der Waals surface area contributed by atoms with Gasteiger partial charge in [-0.1, -0.05) is 6.07 Å². The van der Waals surface area contributed by atoms with Gasteiger partial charge in [-0.2, -0.15) is 5.10 Å². The third kappa shape index (κ3) is 2.73. The molecule has 3 aromatic rings. The lowest BCUT2D eigenvalue weighted by Gasteiger charge is -2.29. The molecule has 9 heteroatoms. The Kier molecular flexibility index (Phi) is 4.12. The summed E-state index contributed by atoms with van der Waals surface area (Å²) in [7, 11) is -2.25. The molecule has 0 unspecified atom stereocenters. The van der Waals surface area contributed by atoms with Gasteiger partial charge in [0.2, 0.25) is 9.84 Å². The van der Waals surface area contributed by atoms with Gasteiger partial charge in [0.25, 0.3) is 0 Å². The third-order valence-corrected chi connectivity index (χ3v) is 6.20. The van der Waals surface area contributed by atoms with Crippen LogP contribution >= 0.6 is 0 Å². The quantitative estimate of drug-likeness (QED) is 0.744. The summed E-state index contributed by atoms with van der Waals surface area (Å²) < 4.78 is 41.1. The lowest BCUT2D eigenvalue weighted by molar-refractivity contribution is 0.584. The summed E-state index contributed by atoms with van der Waals surface area (Å²) in [5.41, 5.74) is 1.55. The van der Waals surface area contributed by atoms with Crippen molar-refractivity contribution in [3.05, 3.63) is 42.5 Å². The fourth-order valence-electron chi connectivity index (χ4n) is 3.26. The van der Waals surface area contributed by atoms with Gasteiger partial charge < -0.3 is 10.2 Å². The Morgan fingerprint density at radius 2 is 1.96 bits per heavy atom. The molecule has 1 N–H and O–H groups in total. The number of hydrogen-bond donors (Lipinski definition) is 1. The maximum atomic E-state index is 13.5. The van der Waals surface area contributed by atoms with Gasteiger partial charge in [0.15, 0.2) is 5.03 Å². The van der Waals surface area contributed by atoms with Crippen LogP contribution in [0.4, 0.5) is 10.1 Å². The molecule has 0 aliphatic carbocycles. The predicted molar refractivity (Wildman–Crippen MR) is 95.4 cm³/mol. The molecule has 1 aromatic carbocycles. The minimum atomic E-state index is -3.96. The molecule has 7 nitrogen and oxygen atoms in total. The average Bonchev–Trinajstić information content (AvgIpc) is 3.00. The fraction of sp³-hybridized carbons (Fsp3) is 0.294. The standard InChI is InChI=1S/C17H18FN5O2S/c1-22-16-14(10-20-11-15(16)23-7-5-19-6-8-23)17(21-22)26(24,25)13-4-2-3-12(18)9-13/h2-4,9-11,19H,5-8H2,1H3. The van der Waals surface area contributed by atoms with Crippen molar-refractivity contribution in [1.29, 1.82) is 0 Å². The van der Waals surface area contributed by atoms with Gasteiger partial charge in [0, 0.05) is 39.4 Å². The van der Waals surface area contributed by atoms with E-state index in [0.717, 1.165) is 37.9 Å². The van der Waals surface area contributed by atoms with E-state index in [1.807, 2.05) is 0 Å². The van der Waals surface area contributed by atoms with E-state index in [1.165, 1.54) is 24.4 Å². The summed E-state index contributed by atoms with van der Waals surface area (Å²) in [5.74, 6) is -0.606. The van der Waals surface area contributed by atoms with Crippen molar-refractivity contribution in [2.24, 2.45) is 7.05 Å². The summed E-state index contributed by atoms with van der Waals surface area (Å²) >= 11 is 0. The molecule has 0 atom stereocenters. The van der Waals surface area contributed by atoms with Crippen molar-refractivity contribution in [3.63, 3.8) is 0 Å². The molecule has 3 heterocycles. The molecule has 0 radical (unpaired) electrons. The van der Waals surface area contributed by atoms with Crippen molar-refractivity contribution in [1.82, 2.24) is 20.1 Å². The summed E-state index contributed by atoms with van der Waals surface area (Å²) in [6, 6.07) is 4.95. The van der Waals surface area contributed by atoms with Gasteiger partial charge in [-0.3, -0.25) is 9.67 Å². The molecule has 0 spiro atoms. The zero-order valence-electron chi connectivity index (χ0n) is 14.2. The first-order chi connectivity index (χ1) is 12.5. The van der Waals surface area contributed by atoms with Crippen LogP contribution in [0.5, 0.6) is 0 Å². The second kappa shape index (κ2) is 6.33. The SMILES string of the molecule is Cn1nc(S(=O)(=O)c2cccc(F)c2)c2cncc(N3CCNCC3)c21. The van der Waals surface area contributed by atoms with Gasteiger partial charge >= 0.3 is 0 Å². The van der Waals surface area contributed by atoms with E-state index >= 15 is 0 Å². The van der Waals surface area contributed by atoms with Crippen LogP contribution in [-0.4, -0.2) is 49.4 Å². The van der Waals surface area contributed by atoms with Crippen LogP contribution in [-0.2, 0) is 16.9 Å². The van der Waals surface area contributed by atoms with E-state index in [2.05, 4.69) is 20.3 Å². The summed E-state index contributed by atoms with van der Waals surface area (Å²) in [4.78, 5) is 6.27.